The van der Waals surface area contributed by atoms with E-state index in [9.17, 15) is 0 Å². The van der Waals surface area contributed by atoms with E-state index in [0.717, 1.165) is 18.7 Å². The Kier molecular flexibility index (Phi) is 3.75. The highest BCUT2D eigenvalue weighted by Gasteiger charge is 2.28. The number of nitrogens with one attached hydrogen (secondary N) is 1. The van der Waals surface area contributed by atoms with Gasteiger partial charge in [0.15, 0.2) is 0 Å². The summed E-state index contributed by atoms with van der Waals surface area (Å²) in [5, 5.41) is 3.59. The summed E-state index contributed by atoms with van der Waals surface area (Å²) in [5.41, 5.74) is 3.83. The molecule has 0 aromatic heterocycles. The smallest absolute Gasteiger partial charge is 0.126 e. The predicted molar refractivity (Wildman–Crippen MR) is 82.0 cm³/mol. The van der Waals surface area contributed by atoms with Crippen molar-refractivity contribution in [3.63, 3.8) is 0 Å². The van der Waals surface area contributed by atoms with Crippen molar-refractivity contribution in [3.05, 3.63) is 65.2 Å². The standard InChI is InChI=1S/C18H21NO/c1-3-19-16-12-18(14-7-5-4-6-8-14)20-17-10-9-13(2)11-15(16)17/h4-11,16,18-19H,3,12H2,1-2H3. The highest BCUT2D eigenvalue weighted by Crippen LogP contribution is 2.41. The van der Waals surface area contributed by atoms with E-state index in [1.165, 1.54) is 16.7 Å². The molecule has 104 valence electrons. The SMILES string of the molecule is CCNC1CC(c2ccccc2)Oc2ccc(C)cc21. The van der Waals surface area contributed by atoms with Gasteiger partial charge in [0.05, 0.1) is 0 Å². The van der Waals surface area contributed by atoms with Crippen LogP contribution in [0.25, 0.3) is 0 Å². The van der Waals surface area contributed by atoms with Crippen LogP contribution >= 0.6 is 0 Å². The summed E-state index contributed by atoms with van der Waals surface area (Å²) in [6.45, 7) is 5.26. The number of aryl methyl sites for hydroxylation is 1. The lowest BCUT2D eigenvalue weighted by molar-refractivity contribution is 0.152. The van der Waals surface area contributed by atoms with Crippen LogP contribution in [0, 0.1) is 6.92 Å². The monoisotopic (exact) mass is 267 g/mol. The van der Waals surface area contributed by atoms with Gasteiger partial charge < -0.3 is 10.1 Å². The first-order chi connectivity index (χ1) is 9.78. The Hall–Kier alpha value is -1.80. The van der Waals surface area contributed by atoms with Gasteiger partial charge in [0.2, 0.25) is 0 Å². The average Bonchev–Trinajstić information content (AvgIpc) is 2.49. The molecular formula is C18H21NO. The third-order valence-corrected chi connectivity index (χ3v) is 3.88. The zero-order valence-electron chi connectivity index (χ0n) is 12.1. The Balaban J connectivity index is 1.95. The number of ether oxygens (including phenoxy) is 1. The minimum atomic E-state index is 0.135. The van der Waals surface area contributed by atoms with Crippen LogP contribution in [0.4, 0.5) is 0 Å². The third-order valence-electron chi connectivity index (χ3n) is 3.88. The second-order valence-electron chi connectivity index (χ2n) is 5.40. The van der Waals surface area contributed by atoms with E-state index >= 15 is 0 Å². The highest BCUT2D eigenvalue weighted by atomic mass is 16.5. The third kappa shape index (κ3) is 2.56. The summed E-state index contributed by atoms with van der Waals surface area (Å²) in [4.78, 5) is 0. The van der Waals surface area contributed by atoms with E-state index in [0.29, 0.717) is 6.04 Å². The fourth-order valence-corrected chi connectivity index (χ4v) is 2.90. The second-order valence-corrected chi connectivity index (χ2v) is 5.40. The van der Waals surface area contributed by atoms with E-state index in [-0.39, 0.29) is 6.10 Å². The van der Waals surface area contributed by atoms with Gasteiger partial charge in [-0.05, 0) is 25.1 Å². The van der Waals surface area contributed by atoms with Crippen molar-refractivity contribution in [2.45, 2.75) is 32.4 Å². The fourth-order valence-electron chi connectivity index (χ4n) is 2.90. The first-order valence-corrected chi connectivity index (χ1v) is 7.33. The van der Waals surface area contributed by atoms with Crippen LogP contribution in [0.1, 0.15) is 42.2 Å². The van der Waals surface area contributed by atoms with E-state index < -0.39 is 0 Å². The molecule has 1 heterocycles. The minimum absolute atomic E-state index is 0.135. The molecule has 0 aliphatic carbocycles. The van der Waals surface area contributed by atoms with Gasteiger partial charge >= 0.3 is 0 Å². The number of hydrogen-bond donors (Lipinski definition) is 1. The Labute approximate surface area is 120 Å². The summed E-state index contributed by atoms with van der Waals surface area (Å²) in [7, 11) is 0. The van der Waals surface area contributed by atoms with Crippen molar-refractivity contribution in [2.75, 3.05) is 6.54 Å². The van der Waals surface area contributed by atoms with Crippen LogP contribution in [-0.4, -0.2) is 6.54 Å². The zero-order chi connectivity index (χ0) is 13.9. The van der Waals surface area contributed by atoms with E-state index in [1.54, 1.807) is 0 Å². The van der Waals surface area contributed by atoms with Crippen LogP contribution in [-0.2, 0) is 0 Å². The molecule has 20 heavy (non-hydrogen) atoms. The van der Waals surface area contributed by atoms with Gasteiger partial charge in [-0.3, -0.25) is 0 Å². The molecule has 1 aliphatic heterocycles. The first-order valence-electron chi connectivity index (χ1n) is 7.33. The van der Waals surface area contributed by atoms with Gasteiger partial charge in [-0.25, -0.2) is 0 Å². The van der Waals surface area contributed by atoms with Crippen LogP contribution in [0.5, 0.6) is 5.75 Å². The molecule has 1 aliphatic rings. The van der Waals surface area contributed by atoms with Gasteiger partial charge in [-0.15, -0.1) is 0 Å². The lowest BCUT2D eigenvalue weighted by Crippen LogP contribution is -2.29. The molecule has 2 unspecified atom stereocenters. The van der Waals surface area contributed by atoms with E-state index in [2.05, 4.69) is 61.6 Å². The van der Waals surface area contributed by atoms with E-state index in [1.807, 2.05) is 6.07 Å². The summed E-state index contributed by atoms with van der Waals surface area (Å²) in [5.74, 6) is 1.02. The summed E-state index contributed by atoms with van der Waals surface area (Å²) < 4.78 is 6.21. The Morgan fingerprint density at radius 3 is 2.70 bits per heavy atom. The van der Waals surface area contributed by atoms with Gasteiger partial charge in [0, 0.05) is 18.0 Å². The second kappa shape index (κ2) is 5.68. The van der Waals surface area contributed by atoms with Crippen molar-refractivity contribution in [1.29, 1.82) is 0 Å². The molecule has 0 radical (unpaired) electrons. The van der Waals surface area contributed by atoms with Crippen LogP contribution < -0.4 is 10.1 Å². The van der Waals surface area contributed by atoms with Crippen molar-refractivity contribution in [2.24, 2.45) is 0 Å². The number of rotatable bonds is 3. The van der Waals surface area contributed by atoms with Gasteiger partial charge in [0.1, 0.15) is 11.9 Å². The molecule has 2 aromatic rings. The number of hydrogen-bond acceptors (Lipinski definition) is 2. The topological polar surface area (TPSA) is 21.3 Å². The largest absolute Gasteiger partial charge is 0.485 e. The van der Waals surface area contributed by atoms with Crippen LogP contribution in [0.2, 0.25) is 0 Å². The maximum Gasteiger partial charge on any atom is 0.126 e. The Morgan fingerprint density at radius 1 is 1.15 bits per heavy atom. The molecule has 1 N–H and O–H groups in total. The zero-order valence-corrected chi connectivity index (χ0v) is 12.1. The lowest BCUT2D eigenvalue weighted by Gasteiger charge is -2.33. The first kappa shape index (κ1) is 13.2. The van der Waals surface area contributed by atoms with Gasteiger partial charge in [-0.1, -0.05) is 55.0 Å². The van der Waals surface area contributed by atoms with Crippen molar-refractivity contribution in [1.82, 2.24) is 5.32 Å². The molecular weight excluding hydrogens is 246 g/mol. The molecule has 2 nitrogen and oxygen atoms in total. The maximum absolute atomic E-state index is 6.21. The van der Waals surface area contributed by atoms with Gasteiger partial charge in [0.25, 0.3) is 0 Å². The molecule has 0 amide bonds. The highest BCUT2D eigenvalue weighted by molar-refractivity contribution is 5.42. The number of benzene rings is 2. The molecule has 2 aromatic carbocycles. The Bertz CT molecular complexity index is 579. The maximum atomic E-state index is 6.21. The quantitative estimate of drug-likeness (QED) is 0.901. The van der Waals surface area contributed by atoms with Crippen molar-refractivity contribution < 1.29 is 4.74 Å². The normalized spacial score (nSPS) is 21.1. The van der Waals surface area contributed by atoms with Crippen molar-refractivity contribution in [3.8, 4) is 5.75 Å². The van der Waals surface area contributed by atoms with Crippen LogP contribution in [0.3, 0.4) is 0 Å². The van der Waals surface area contributed by atoms with Crippen molar-refractivity contribution >= 4 is 0 Å². The lowest BCUT2D eigenvalue weighted by atomic mass is 9.92. The molecule has 0 spiro atoms. The fraction of sp³-hybridized carbons (Fsp3) is 0.333. The van der Waals surface area contributed by atoms with E-state index in [4.69, 9.17) is 4.74 Å². The summed E-state index contributed by atoms with van der Waals surface area (Å²) in [6, 6.07) is 17.3. The molecule has 0 saturated carbocycles. The molecule has 0 fully saturated rings. The average molecular weight is 267 g/mol. The van der Waals surface area contributed by atoms with Crippen LogP contribution in [0.15, 0.2) is 48.5 Å². The molecule has 0 bridgehead atoms. The predicted octanol–water partition coefficient (Wildman–Crippen LogP) is 4.17. The summed E-state index contributed by atoms with van der Waals surface area (Å²) >= 11 is 0. The van der Waals surface area contributed by atoms with Gasteiger partial charge in [-0.2, -0.15) is 0 Å². The Morgan fingerprint density at radius 2 is 1.95 bits per heavy atom. The summed E-state index contributed by atoms with van der Waals surface area (Å²) in [6.07, 6.45) is 1.12. The molecule has 2 atom stereocenters. The molecule has 0 saturated heterocycles. The minimum Gasteiger partial charge on any atom is -0.485 e. The molecule has 3 rings (SSSR count). The molecule has 2 heteroatoms. The number of fused-ring (bicyclic) bond motifs is 1.